The van der Waals surface area contributed by atoms with E-state index in [1.54, 1.807) is 0 Å². The molecule has 0 aliphatic carbocycles. The molecule has 0 aromatic heterocycles. The Kier molecular flexibility index (Phi) is 3.44. The first-order valence-corrected chi connectivity index (χ1v) is 6.56. The van der Waals surface area contributed by atoms with Gasteiger partial charge in [0.1, 0.15) is 0 Å². The van der Waals surface area contributed by atoms with Crippen LogP contribution in [0.25, 0.3) is 0 Å². The maximum absolute atomic E-state index is 11.9. The summed E-state index contributed by atoms with van der Waals surface area (Å²) >= 11 is 0. The molecular formula is C15H22N2O. The van der Waals surface area contributed by atoms with E-state index in [-0.39, 0.29) is 17.2 Å². The third-order valence-electron chi connectivity index (χ3n) is 3.58. The first kappa shape index (κ1) is 13.1. The van der Waals surface area contributed by atoms with Crippen molar-refractivity contribution in [3.05, 3.63) is 29.3 Å². The highest BCUT2D eigenvalue weighted by Crippen LogP contribution is 2.31. The van der Waals surface area contributed by atoms with Gasteiger partial charge in [-0.2, -0.15) is 0 Å². The fraction of sp³-hybridized carbons (Fsp3) is 0.533. The number of amides is 1. The zero-order chi connectivity index (χ0) is 13.3. The van der Waals surface area contributed by atoms with Gasteiger partial charge in [0, 0.05) is 11.6 Å². The number of rotatable bonds is 2. The minimum Gasteiger partial charge on any atom is -0.330 e. The second-order valence-electron chi connectivity index (χ2n) is 6.09. The minimum atomic E-state index is 0.0257. The van der Waals surface area contributed by atoms with E-state index in [0.717, 1.165) is 18.5 Å². The molecule has 0 radical (unpaired) electrons. The van der Waals surface area contributed by atoms with Crippen LogP contribution in [-0.4, -0.2) is 12.5 Å². The second-order valence-corrected chi connectivity index (χ2v) is 6.09. The Balaban J connectivity index is 2.31. The lowest BCUT2D eigenvalue weighted by molar-refractivity contribution is -0.120. The second kappa shape index (κ2) is 4.73. The van der Waals surface area contributed by atoms with Gasteiger partial charge in [0.2, 0.25) is 5.91 Å². The maximum atomic E-state index is 11.9. The van der Waals surface area contributed by atoms with Crippen LogP contribution in [0.5, 0.6) is 0 Å². The van der Waals surface area contributed by atoms with Crippen LogP contribution in [0, 0.1) is 5.92 Å². The van der Waals surface area contributed by atoms with E-state index >= 15 is 0 Å². The van der Waals surface area contributed by atoms with Crippen molar-refractivity contribution in [1.82, 2.24) is 0 Å². The number of hydrogen-bond acceptors (Lipinski definition) is 2. The van der Waals surface area contributed by atoms with Gasteiger partial charge in [-0.25, -0.2) is 0 Å². The van der Waals surface area contributed by atoms with E-state index in [1.807, 2.05) is 6.07 Å². The summed E-state index contributed by atoms with van der Waals surface area (Å²) in [6.07, 6.45) is 1.56. The lowest BCUT2D eigenvalue weighted by atomic mass is 9.83. The number of nitrogens with one attached hydrogen (secondary N) is 1. The highest BCUT2D eigenvalue weighted by atomic mass is 16.1. The summed E-state index contributed by atoms with van der Waals surface area (Å²) in [6.45, 7) is 7.17. The van der Waals surface area contributed by atoms with E-state index in [2.05, 4.69) is 38.2 Å². The molecular weight excluding hydrogens is 224 g/mol. The Labute approximate surface area is 109 Å². The average Bonchev–Trinajstić information content (AvgIpc) is 2.28. The van der Waals surface area contributed by atoms with Crippen LogP contribution in [-0.2, 0) is 16.6 Å². The van der Waals surface area contributed by atoms with Gasteiger partial charge in [-0.05, 0) is 42.0 Å². The van der Waals surface area contributed by atoms with Gasteiger partial charge in [-0.15, -0.1) is 0 Å². The number of benzene rings is 1. The quantitative estimate of drug-likeness (QED) is 0.842. The highest BCUT2D eigenvalue weighted by molar-refractivity contribution is 5.95. The molecule has 1 amide bonds. The van der Waals surface area contributed by atoms with Crippen LogP contribution in [0.1, 0.15) is 38.3 Å². The van der Waals surface area contributed by atoms with Gasteiger partial charge >= 0.3 is 0 Å². The molecule has 0 saturated heterocycles. The number of carbonyl (C=O) groups is 1. The average molecular weight is 246 g/mol. The molecule has 1 atom stereocenters. The van der Waals surface area contributed by atoms with Crippen LogP contribution in [0.15, 0.2) is 18.2 Å². The largest absolute Gasteiger partial charge is 0.330 e. The van der Waals surface area contributed by atoms with Crippen molar-refractivity contribution in [2.45, 2.75) is 39.0 Å². The third-order valence-corrected chi connectivity index (χ3v) is 3.58. The van der Waals surface area contributed by atoms with E-state index in [1.165, 1.54) is 11.1 Å². The summed E-state index contributed by atoms with van der Waals surface area (Å²) in [5.41, 5.74) is 9.20. The van der Waals surface area contributed by atoms with Crippen LogP contribution < -0.4 is 11.1 Å². The molecule has 3 N–H and O–H groups in total. The fourth-order valence-electron chi connectivity index (χ4n) is 2.38. The predicted octanol–water partition coefficient (Wildman–Crippen LogP) is 2.44. The first-order valence-electron chi connectivity index (χ1n) is 6.56. The van der Waals surface area contributed by atoms with Crippen molar-refractivity contribution < 1.29 is 4.79 Å². The van der Waals surface area contributed by atoms with Crippen LogP contribution in [0.4, 0.5) is 5.69 Å². The minimum absolute atomic E-state index is 0.0257. The van der Waals surface area contributed by atoms with Crippen molar-refractivity contribution in [1.29, 1.82) is 0 Å². The molecule has 1 aromatic carbocycles. The number of carbonyl (C=O) groups excluding carboxylic acids is 1. The van der Waals surface area contributed by atoms with Crippen molar-refractivity contribution in [3.8, 4) is 0 Å². The molecule has 0 spiro atoms. The summed E-state index contributed by atoms with van der Waals surface area (Å²) in [7, 11) is 0. The zero-order valence-corrected chi connectivity index (χ0v) is 11.4. The predicted molar refractivity (Wildman–Crippen MR) is 74.6 cm³/mol. The maximum Gasteiger partial charge on any atom is 0.227 e. The monoisotopic (exact) mass is 246 g/mol. The van der Waals surface area contributed by atoms with Crippen molar-refractivity contribution in [2.24, 2.45) is 11.7 Å². The van der Waals surface area contributed by atoms with E-state index in [0.29, 0.717) is 6.54 Å². The van der Waals surface area contributed by atoms with Gasteiger partial charge in [-0.1, -0.05) is 32.9 Å². The standard InChI is InChI=1S/C15H22N2O/c1-15(2,3)12-4-5-13-11(9-12)8-10(6-7-16)14(18)17-13/h4-5,9-10H,6-8,16H2,1-3H3,(H,17,18). The third kappa shape index (κ3) is 2.56. The molecule has 1 unspecified atom stereocenters. The Morgan fingerprint density at radius 1 is 1.39 bits per heavy atom. The van der Waals surface area contributed by atoms with Crippen molar-refractivity contribution in [3.63, 3.8) is 0 Å². The molecule has 0 saturated carbocycles. The first-order chi connectivity index (χ1) is 8.41. The van der Waals surface area contributed by atoms with Crippen LogP contribution in [0.2, 0.25) is 0 Å². The molecule has 1 heterocycles. The molecule has 3 nitrogen and oxygen atoms in total. The Morgan fingerprint density at radius 2 is 2.11 bits per heavy atom. The normalized spacial score (nSPS) is 19.3. The number of hydrogen-bond donors (Lipinski definition) is 2. The highest BCUT2D eigenvalue weighted by Gasteiger charge is 2.26. The van der Waals surface area contributed by atoms with Gasteiger partial charge < -0.3 is 11.1 Å². The Morgan fingerprint density at radius 3 is 2.72 bits per heavy atom. The lowest BCUT2D eigenvalue weighted by Crippen LogP contribution is -2.31. The smallest absolute Gasteiger partial charge is 0.227 e. The van der Waals surface area contributed by atoms with E-state index in [4.69, 9.17) is 5.73 Å². The van der Waals surface area contributed by atoms with Gasteiger partial charge in [0.05, 0.1) is 0 Å². The van der Waals surface area contributed by atoms with E-state index in [9.17, 15) is 4.79 Å². The number of nitrogens with two attached hydrogens (primary N) is 1. The molecule has 1 aromatic rings. The number of fused-ring (bicyclic) bond motifs is 1. The molecule has 3 heteroatoms. The van der Waals surface area contributed by atoms with E-state index < -0.39 is 0 Å². The van der Waals surface area contributed by atoms with Gasteiger partial charge in [-0.3, -0.25) is 4.79 Å². The SMILES string of the molecule is CC(C)(C)c1ccc2c(c1)CC(CCN)C(=O)N2. The molecule has 0 fully saturated rings. The Bertz CT molecular complexity index is 460. The van der Waals surface area contributed by atoms with Crippen molar-refractivity contribution in [2.75, 3.05) is 11.9 Å². The van der Waals surface area contributed by atoms with Crippen LogP contribution >= 0.6 is 0 Å². The van der Waals surface area contributed by atoms with Gasteiger partial charge in [0.15, 0.2) is 0 Å². The molecule has 0 bridgehead atoms. The lowest BCUT2D eigenvalue weighted by Gasteiger charge is -2.27. The summed E-state index contributed by atoms with van der Waals surface area (Å²) in [5, 5.41) is 2.98. The summed E-state index contributed by atoms with van der Waals surface area (Å²) < 4.78 is 0. The van der Waals surface area contributed by atoms with Crippen LogP contribution in [0.3, 0.4) is 0 Å². The topological polar surface area (TPSA) is 55.1 Å². The Hall–Kier alpha value is -1.35. The molecule has 98 valence electrons. The molecule has 18 heavy (non-hydrogen) atoms. The zero-order valence-electron chi connectivity index (χ0n) is 11.4. The fourth-order valence-corrected chi connectivity index (χ4v) is 2.38. The molecule has 2 rings (SSSR count). The molecule has 1 aliphatic rings. The van der Waals surface area contributed by atoms with Gasteiger partial charge in [0.25, 0.3) is 0 Å². The summed E-state index contributed by atoms with van der Waals surface area (Å²) in [4.78, 5) is 11.9. The van der Waals surface area contributed by atoms with Crippen molar-refractivity contribution >= 4 is 11.6 Å². The molecule has 1 aliphatic heterocycles. The number of anilines is 1. The summed E-state index contributed by atoms with van der Waals surface area (Å²) in [6, 6.07) is 6.34. The summed E-state index contributed by atoms with van der Waals surface area (Å²) in [5.74, 6) is 0.133.